The van der Waals surface area contributed by atoms with Gasteiger partial charge < -0.3 is 10.6 Å². The van der Waals surface area contributed by atoms with E-state index >= 15 is 0 Å². The van der Waals surface area contributed by atoms with E-state index in [0.29, 0.717) is 10.6 Å². The van der Waals surface area contributed by atoms with Gasteiger partial charge in [0.25, 0.3) is 0 Å². The van der Waals surface area contributed by atoms with Crippen molar-refractivity contribution < 1.29 is 9.59 Å². The van der Waals surface area contributed by atoms with Crippen LogP contribution in [0.1, 0.15) is 40.2 Å². The maximum atomic E-state index is 12.6. The van der Waals surface area contributed by atoms with Gasteiger partial charge in [-0.15, -0.1) is 0 Å². The van der Waals surface area contributed by atoms with E-state index in [0.717, 1.165) is 33.5 Å². The summed E-state index contributed by atoms with van der Waals surface area (Å²) in [5, 5.41) is 16.0. The van der Waals surface area contributed by atoms with Gasteiger partial charge in [-0.2, -0.15) is 5.26 Å². The smallest absolute Gasteiger partial charge is 0.234 e. The van der Waals surface area contributed by atoms with Crippen LogP contribution in [0.5, 0.6) is 0 Å². The average molecular weight is 420 g/mol. The number of benzene rings is 2. The van der Waals surface area contributed by atoms with Crippen LogP contribution in [0, 0.1) is 39.0 Å². The van der Waals surface area contributed by atoms with Gasteiger partial charge in [0, 0.05) is 18.0 Å². The molecule has 2 aromatic carbocycles. The van der Waals surface area contributed by atoms with E-state index in [4.69, 9.17) is 0 Å². The molecule has 1 aliphatic heterocycles. The zero-order valence-electron chi connectivity index (χ0n) is 17.6. The molecule has 0 saturated heterocycles. The predicted octanol–water partition coefficient (Wildman–Crippen LogP) is 4.63. The quantitative estimate of drug-likeness (QED) is 0.740. The van der Waals surface area contributed by atoms with Crippen molar-refractivity contribution in [2.45, 2.75) is 40.0 Å². The number of allylic oxidation sites excluding steroid dienone is 1. The molecule has 0 unspecified atom stereocenters. The first kappa shape index (κ1) is 21.7. The highest BCUT2D eigenvalue weighted by Gasteiger charge is 2.29. The predicted molar refractivity (Wildman–Crippen MR) is 121 cm³/mol. The minimum absolute atomic E-state index is 0.105. The third-order valence-electron chi connectivity index (χ3n) is 5.12. The van der Waals surface area contributed by atoms with E-state index < -0.39 is 0 Å². The Labute approximate surface area is 181 Å². The standard InChI is InChI=1S/C24H25N3O2S/c1-14-5-7-18(8-6-14)19-11-21(28)27-24(20(19)12-25)30-13-22(29)26-23-16(3)9-15(2)10-17(23)4/h5-10,19H,11,13H2,1-4H3,(H,26,29)(H,27,28)/t19-/m0/s1. The van der Waals surface area contributed by atoms with E-state index in [1.165, 1.54) is 11.8 Å². The van der Waals surface area contributed by atoms with Crippen LogP contribution in [0.25, 0.3) is 0 Å². The molecule has 30 heavy (non-hydrogen) atoms. The molecule has 2 amide bonds. The van der Waals surface area contributed by atoms with Crippen LogP contribution in [0.4, 0.5) is 5.69 Å². The van der Waals surface area contributed by atoms with Crippen LogP contribution in [-0.2, 0) is 9.59 Å². The Morgan fingerprint density at radius 3 is 2.37 bits per heavy atom. The monoisotopic (exact) mass is 419 g/mol. The molecule has 0 spiro atoms. The maximum Gasteiger partial charge on any atom is 0.234 e. The molecule has 0 bridgehead atoms. The summed E-state index contributed by atoms with van der Waals surface area (Å²) in [4.78, 5) is 24.8. The second-order valence-electron chi connectivity index (χ2n) is 7.68. The Kier molecular flexibility index (Phi) is 6.63. The number of carbonyl (C=O) groups is 2. The van der Waals surface area contributed by atoms with E-state index in [1.807, 2.05) is 64.1 Å². The van der Waals surface area contributed by atoms with Gasteiger partial charge in [0.05, 0.1) is 22.4 Å². The molecule has 0 fully saturated rings. The van der Waals surface area contributed by atoms with Crippen molar-refractivity contribution >= 4 is 29.3 Å². The molecule has 154 valence electrons. The highest BCUT2D eigenvalue weighted by molar-refractivity contribution is 8.03. The molecule has 1 aliphatic rings. The fraction of sp³-hybridized carbons (Fsp3) is 0.292. The number of aryl methyl sites for hydroxylation is 4. The van der Waals surface area contributed by atoms with E-state index in [9.17, 15) is 14.9 Å². The number of nitrogens with zero attached hydrogens (tertiary/aromatic N) is 1. The van der Waals surface area contributed by atoms with Crippen molar-refractivity contribution in [1.82, 2.24) is 5.32 Å². The van der Waals surface area contributed by atoms with Gasteiger partial charge in [-0.25, -0.2) is 0 Å². The van der Waals surface area contributed by atoms with Crippen LogP contribution < -0.4 is 10.6 Å². The van der Waals surface area contributed by atoms with Crippen molar-refractivity contribution in [3.8, 4) is 6.07 Å². The van der Waals surface area contributed by atoms with Crippen LogP contribution >= 0.6 is 11.8 Å². The molecule has 2 N–H and O–H groups in total. The summed E-state index contributed by atoms with van der Waals surface area (Å²) in [5.41, 5.74) is 6.52. The third-order valence-corrected chi connectivity index (χ3v) is 6.14. The molecule has 0 radical (unpaired) electrons. The lowest BCUT2D eigenvalue weighted by Crippen LogP contribution is -2.31. The summed E-state index contributed by atoms with van der Waals surface area (Å²) in [5.74, 6) is -0.510. The van der Waals surface area contributed by atoms with Crippen molar-refractivity contribution in [3.63, 3.8) is 0 Å². The second-order valence-corrected chi connectivity index (χ2v) is 8.67. The second kappa shape index (κ2) is 9.19. The number of carbonyl (C=O) groups excluding carboxylic acids is 2. The van der Waals surface area contributed by atoms with Gasteiger partial charge in [0.2, 0.25) is 11.8 Å². The lowest BCUT2D eigenvalue weighted by Gasteiger charge is -2.25. The van der Waals surface area contributed by atoms with Gasteiger partial charge in [-0.1, -0.05) is 59.3 Å². The summed E-state index contributed by atoms with van der Waals surface area (Å²) in [6, 6.07) is 14.2. The lowest BCUT2D eigenvalue weighted by molar-refractivity contribution is -0.121. The topological polar surface area (TPSA) is 82.0 Å². The summed E-state index contributed by atoms with van der Waals surface area (Å²) in [6.45, 7) is 7.95. The first-order chi connectivity index (χ1) is 14.3. The zero-order valence-corrected chi connectivity index (χ0v) is 18.4. The van der Waals surface area contributed by atoms with Crippen LogP contribution in [0.15, 0.2) is 47.0 Å². The summed E-state index contributed by atoms with van der Waals surface area (Å²) >= 11 is 1.19. The van der Waals surface area contributed by atoms with Crippen LogP contribution in [-0.4, -0.2) is 17.6 Å². The molecule has 1 atom stereocenters. The van der Waals surface area contributed by atoms with Crippen molar-refractivity contribution in [3.05, 3.63) is 74.8 Å². The normalized spacial score (nSPS) is 16.1. The van der Waals surface area contributed by atoms with Gasteiger partial charge >= 0.3 is 0 Å². The molecule has 2 aromatic rings. The molecule has 3 rings (SSSR count). The highest BCUT2D eigenvalue weighted by atomic mass is 32.2. The van der Waals surface area contributed by atoms with E-state index in [1.54, 1.807) is 0 Å². The largest absolute Gasteiger partial charge is 0.325 e. The number of nitriles is 1. The first-order valence-electron chi connectivity index (χ1n) is 9.79. The minimum Gasteiger partial charge on any atom is -0.325 e. The molecule has 0 aliphatic carbocycles. The average Bonchev–Trinajstić information content (AvgIpc) is 2.69. The summed E-state index contributed by atoms with van der Waals surface area (Å²) in [7, 11) is 0. The Morgan fingerprint density at radius 1 is 1.13 bits per heavy atom. The van der Waals surface area contributed by atoms with E-state index in [2.05, 4.69) is 16.7 Å². The molecule has 5 nitrogen and oxygen atoms in total. The van der Waals surface area contributed by atoms with Gasteiger partial charge in [0.15, 0.2) is 0 Å². The van der Waals surface area contributed by atoms with Crippen molar-refractivity contribution in [2.75, 3.05) is 11.1 Å². The third kappa shape index (κ3) is 4.92. The van der Waals surface area contributed by atoms with Gasteiger partial charge in [-0.05, 0) is 44.4 Å². The fourth-order valence-corrected chi connectivity index (χ4v) is 4.58. The molecular weight excluding hydrogens is 394 g/mol. The molecule has 1 heterocycles. The molecule has 6 heteroatoms. The number of hydrogen-bond acceptors (Lipinski definition) is 4. The number of anilines is 1. The molecule has 0 saturated carbocycles. The number of nitrogens with one attached hydrogen (secondary N) is 2. The molecular formula is C24H25N3O2S. The fourth-order valence-electron chi connectivity index (χ4n) is 3.71. The highest BCUT2D eigenvalue weighted by Crippen LogP contribution is 2.36. The number of rotatable bonds is 5. The summed E-state index contributed by atoms with van der Waals surface area (Å²) in [6.07, 6.45) is 0.226. The van der Waals surface area contributed by atoms with Crippen LogP contribution in [0.3, 0.4) is 0 Å². The Morgan fingerprint density at radius 2 is 1.77 bits per heavy atom. The Balaban J connectivity index is 1.77. The Bertz CT molecular complexity index is 1040. The minimum atomic E-state index is -0.295. The van der Waals surface area contributed by atoms with E-state index in [-0.39, 0.29) is 29.9 Å². The number of hydrogen-bond donors (Lipinski definition) is 2. The first-order valence-corrected chi connectivity index (χ1v) is 10.8. The van der Waals surface area contributed by atoms with Crippen molar-refractivity contribution in [2.24, 2.45) is 0 Å². The number of amides is 2. The van der Waals surface area contributed by atoms with Gasteiger partial charge in [0.1, 0.15) is 0 Å². The zero-order chi connectivity index (χ0) is 21.8. The van der Waals surface area contributed by atoms with Gasteiger partial charge in [-0.3, -0.25) is 9.59 Å². The maximum absolute atomic E-state index is 12.6. The SMILES string of the molecule is Cc1ccc([C@@H]2CC(=O)NC(SCC(=O)Nc3c(C)cc(C)cc3C)=C2C#N)cc1. The number of thioether (sulfide) groups is 1. The summed E-state index contributed by atoms with van der Waals surface area (Å²) < 4.78 is 0. The van der Waals surface area contributed by atoms with Crippen molar-refractivity contribution in [1.29, 1.82) is 5.26 Å². The van der Waals surface area contributed by atoms with Crippen LogP contribution in [0.2, 0.25) is 0 Å². The Hall–Kier alpha value is -3.04. The molecule has 0 aromatic heterocycles. The lowest BCUT2D eigenvalue weighted by atomic mass is 9.87.